The molecule has 0 N–H and O–H groups in total. The van der Waals surface area contributed by atoms with E-state index in [0.29, 0.717) is 19.3 Å². The molecule has 0 spiro atoms. The molecule has 0 bridgehead atoms. The molecule has 0 aliphatic heterocycles. The van der Waals surface area contributed by atoms with Gasteiger partial charge in [0.2, 0.25) is 0 Å². The molecule has 6 nitrogen and oxygen atoms in total. The van der Waals surface area contributed by atoms with Gasteiger partial charge in [-0.25, -0.2) is 0 Å². The fourth-order valence-electron chi connectivity index (χ4n) is 7.52. The number of carbonyl (C=O) groups is 3. The quantitative estimate of drug-likeness (QED) is 0.0261. The van der Waals surface area contributed by atoms with Crippen LogP contribution in [0.25, 0.3) is 0 Å². The Morgan fingerprint density at radius 3 is 0.886 bits per heavy atom. The van der Waals surface area contributed by atoms with Gasteiger partial charge in [0.15, 0.2) is 6.10 Å². The number of hydrogen-bond donors (Lipinski definition) is 0. The zero-order valence-electron chi connectivity index (χ0n) is 50.0. The number of carbonyl (C=O) groups excluding carboxylic acids is 3. The Bertz CT molecular complexity index is 1920. The Balaban J connectivity index is 4.58. The van der Waals surface area contributed by atoms with Crippen molar-refractivity contribution in [2.24, 2.45) is 0 Å². The van der Waals surface area contributed by atoms with E-state index in [-0.39, 0.29) is 38.0 Å². The summed E-state index contributed by atoms with van der Waals surface area (Å²) < 4.78 is 16.7. The van der Waals surface area contributed by atoms with Crippen LogP contribution in [0.5, 0.6) is 0 Å². The van der Waals surface area contributed by atoms with Crippen molar-refractivity contribution < 1.29 is 28.6 Å². The van der Waals surface area contributed by atoms with Crippen molar-refractivity contribution in [3.8, 4) is 0 Å². The van der Waals surface area contributed by atoms with Gasteiger partial charge in [0, 0.05) is 19.3 Å². The molecule has 0 radical (unpaired) electrons. The van der Waals surface area contributed by atoms with Crippen LogP contribution in [-0.2, 0) is 28.6 Å². The summed E-state index contributed by atoms with van der Waals surface area (Å²) in [5, 5.41) is 0. The van der Waals surface area contributed by atoms with E-state index in [1.807, 2.05) is 12.2 Å². The van der Waals surface area contributed by atoms with Crippen molar-refractivity contribution in [2.45, 2.75) is 232 Å². The predicted molar refractivity (Wildman–Crippen MR) is 343 cm³/mol. The maximum absolute atomic E-state index is 12.8. The van der Waals surface area contributed by atoms with Crippen LogP contribution in [0.1, 0.15) is 226 Å². The van der Waals surface area contributed by atoms with Crippen LogP contribution < -0.4 is 0 Å². The lowest BCUT2D eigenvalue weighted by atomic mass is 10.1. The summed E-state index contributed by atoms with van der Waals surface area (Å²) in [4.78, 5) is 38.2. The maximum atomic E-state index is 12.8. The molecule has 0 aromatic carbocycles. The van der Waals surface area contributed by atoms with Crippen molar-refractivity contribution in [1.82, 2.24) is 0 Å². The number of rotatable bonds is 53. The molecule has 0 saturated carbocycles. The Morgan fingerprint density at radius 1 is 0.266 bits per heavy atom. The Morgan fingerprint density at radius 2 is 0.532 bits per heavy atom. The van der Waals surface area contributed by atoms with E-state index in [0.717, 1.165) is 135 Å². The molecular formula is C73H110O6. The van der Waals surface area contributed by atoms with Crippen LogP contribution in [0.15, 0.2) is 194 Å². The fraction of sp³-hybridized carbons (Fsp3) is 0.521. The molecule has 0 fully saturated rings. The van der Waals surface area contributed by atoms with Crippen LogP contribution in [0.2, 0.25) is 0 Å². The van der Waals surface area contributed by atoms with E-state index < -0.39 is 12.1 Å². The minimum atomic E-state index is -0.858. The summed E-state index contributed by atoms with van der Waals surface area (Å²) in [6.07, 6.45) is 98.8. The summed E-state index contributed by atoms with van der Waals surface area (Å²) in [5.41, 5.74) is 0. The SMILES string of the molecule is CC/C=C\C/C=C\C/C=C\C/C=C\C/C=C\C/C=C\C/C=C\C/C=C\C/C=C\CCCC(=O)OCC(COC(=O)CCCCCCC/C=C\CCCCCC)OC(=O)CC/C=C\C/C=C\C/C=C\C/C=C\C/C=C\C/C=C\CC. The van der Waals surface area contributed by atoms with Gasteiger partial charge in [-0.15, -0.1) is 0 Å². The van der Waals surface area contributed by atoms with Crippen LogP contribution >= 0.6 is 0 Å². The van der Waals surface area contributed by atoms with Crippen LogP contribution in [0.4, 0.5) is 0 Å². The fourth-order valence-corrected chi connectivity index (χ4v) is 7.52. The van der Waals surface area contributed by atoms with E-state index in [2.05, 4.69) is 203 Å². The summed E-state index contributed by atoms with van der Waals surface area (Å²) in [7, 11) is 0. The van der Waals surface area contributed by atoms with Crippen molar-refractivity contribution >= 4 is 17.9 Å². The number of unbranched alkanes of at least 4 members (excludes halogenated alkanes) is 10. The van der Waals surface area contributed by atoms with Gasteiger partial charge >= 0.3 is 17.9 Å². The topological polar surface area (TPSA) is 78.9 Å². The monoisotopic (exact) mass is 1080 g/mol. The van der Waals surface area contributed by atoms with Gasteiger partial charge in [-0.1, -0.05) is 254 Å². The van der Waals surface area contributed by atoms with E-state index in [1.54, 1.807) is 0 Å². The molecule has 79 heavy (non-hydrogen) atoms. The Labute approximate surface area is 484 Å². The summed E-state index contributed by atoms with van der Waals surface area (Å²) in [6, 6.07) is 0. The molecule has 1 unspecified atom stereocenters. The molecule has 0 aliphatic carbocycles. The van der Waals surface area contributed by atoms with Crippen molar-refractivity contribution in [2.75, 3.05) is 13.2 Å². The average molecular weight is 1080 g/mol. The first kappa shape index (κ1) is 73.2. The third-order valence-electron chi connectivity index (χ3n) is 12.1. The zero-order valence-corrected chi connectivity index (χ0v) is 50.0. The second-order valence-electron chi connectivity index (χ2n) is 19.5. The highest BCUT2D eigenvalue weighted by Crippen LogP contribution is 2.11. The third kappa shape index (κ3) is 63.0. The molecule has 1 atom stereocenters. The minimum Gasteiger partial charge on any atom is -0.462 e. The summed E-state index contributed by atoms with van der Waals surface area (Å²) in [6.45, 7) is 6.25. The molecule has 0 heterocycles. The molecule has 6 heteroatoms. The van der Waals surface area contributed by atoms with Gasteiger partial charge in [0.25, 0.3) is 0 Å². The molecule has 0 aromatic heterocycles. The summed E-state index contributed by atoms with van der Waals surface area (Å²) in [5.74, 6) is -1.11. The molecule has 0 aliphatic rings. The highest BCUT2D eigenvalue weighted by atomic mass is 16.6. The van der Waals surface area contributed by atoms with Gasteiger partial charge in [0.1, 0.15) is 13.2 Å². The molecule has 0 amide bonds. The lowest BCUT2D eigenvalue weighted by Crippen LogP contribution is -2.30. The number of hydrogen-bond acceptors (Lipinski definition) is 6. The van der Waals surface area contributed by atoms with Crippen molar-refractivity contribution in [3.63, 3.8) is 0 Å². The van der Waals surface area contributed by atoms with Crippen molar-refractivity contribution in [3.05, 3.63) is 194 Å². The second-order valence-corrected chi connectivity index (χ2v) is 19.5. The van der Waals surface area contributed by atoms with Gasteiger partial charge < -0.3 is 14.2 Å². The molecular weight excluding hydrogens is 973 g/mol. The smallest absolute Gasteiger partial charge is 0.306 e. The lowest BCUT2D eigenvalue weighted by Gasteiger charge is -2.18. The van der Waals surface area contributed by atoms with Crippen LogP contribution in [0, 0.1) is 0 Å². The van der Waals surface area contributed by atoms with E-state index in [9.17, 15) is 14.4 Å². The van der Waals surface area contributed by atoms with Crippen LogP contribution in [-0.4, -0.2) is 37.2 Å². The van der Waals surface area contributed by atoms with Gasteiger partial charge in [-0.3, -0.25) is 14.4 Å². The zero-order chi connectivity index (χ0) is 57.1. The Kier molecular flexibility index (Phi) is 60.1. The average Bonchev–Trinajstić information content (AvgIpc) is 3.45. The summed E-state index contributed by atoms with van der Waals surface area (Å²) >= 11 is 0. The number of allylic oxidation sites excluding steroid dienone is 32. The third-order valence-corrected chi connectivity index (χ3v) is 12.1. The first-order valence-electron chi connectivity index (χ1n) is 30.9. The predicted octanol–water partition coefficient (Wildman–Crippen LogP) is 21.4. The Hall–Kier alpha value is -5.75. The highest BCUT2D eigenvalue weighted by Gasteiger charge is 2.19. The van der Waals surface area contributed by atoms with Gasteiger partial charge in [0.05, 0.1) is 0 Å². The standard InChI is InChI=1S/C73H110O6/c1-4-7-10-13-16-19-22-25-27-29-31-32-33-34-35-36-37-38-39-40-42-43-45-48-51-54-57-60-63-66-72(75)78-69-70(68-77-71(74)65-62-59-56-53-50-47-24-21-18-15-12-9-6-3)79-73(76)67-64-61-58-55-52-49-46-44-41-30-28-26-23-20-17-14-11-8-5-2/h7-8,10-11,16-17,19-21,24-28,31-32,34-35,37-38,40-42,44-45,48-49,52,54,57-58,61,70H,4-6,9,12-15,18,22-23,29-30,33,36,39,43,46-47,50-51,53,55-56,59-60,62-69H2,1-3H3/b10-7-,11-8-,19-16-,20-17-,24-21-,27-25-,28-26-,32-31-,35-34-,38-37-,42-40-,44-41-,48-45-,52-49-,57-54-,61-58-. The molecule has 0 saturated heterocycles. The highest BCUT2D eigenvalue weighted by molar-refractivity contribution is 5.71. The number of esters is 3. The lowest BCUT2D eigenvalue weighted by molar-refractivity contribution is -0.166. The van der Waals surface area contributed by atoms with E-state index in [1.165, 1.54) is 38.5 Å². The van der Waals surface area contributed by atoms with Gasteiger partial charge in [-0.05, 0) is 148 Å². The first-order chi connectivity index (χ1) is 39.0. The minimum absolute atomic E-state index is 0.141. The molecule has 438 valence electrons. The van der Waals surface area contributed by atoms with E-state index in [4.69, 9.17) is 14.2 Å². The number of ether oxygens (including phenoxy) is 3. The van der Waals surface area contributed by atoms with Crippen molar-refractivity contribution in [1.29, 1.82) is 0 Å². The molecule has 0 rings (SSSR count). The van der Waals surface area contributed by atoms with E-state index >= 15 is 0 Å². The first-order valence-corrected chi connectivity index (χ1v) is 30.9. The molecule has 0 aromatic rings. The largest absolute Gasteiger partial charge is 0.462 e. The second kappa shape index (κ2) is 64.8. The van der Waals surface area contributed by atoms with Crippen LogP contribution in [0.3, 0.4) is 0 Å². The normalized spacial score (nSPS) is 13.5. The van der Waals surface area contributed by atoms with Gasteiger partial charge in [-0.2, -0.15) is 0 Å². The maximum Gasteiger partial charge on any atom is 0.306 e.